The summed E-state index contributed by atoms with van der Waals surface area (Å²) >= 11 is 5.91. The number of carboxylic acids is 1. The van der Waals surface area contributed by atoms with E-state index in [-0.39, 0.29) is 49.4 Å². The molecule has 2 aliphatic rings. The molecule has 0 unspecified atom stereocenters. The van der Waals surface area contributed by atoms with Crippen molar-refractivity contribution >= 4 is 23.5 Å². The molecule has 0 atom stereocenters. The fourth-order valence-corrected chi connectivity index (χ4v) is 4.93. The number of aromatic nitrogens is 2. The van der Waals surface area contributed by atoms with Gasteiger partial charge in [0, 0.05) is 23.6 Å². The quantitative estimate of drug-likeness (QED) is 0.664. The molecule has 33 heavy (non-hydrogen) atoms. The van der Waals surface area contributed by atoms with Crippen LogP contribution in [-0.4, -0.2) is 38.2 Å². The maximum Gasteiger partial charge on any atom is 0.435 e. The summed E-state index contributed by atoms with van der Waals surface area (Å²) in [5, 5.41) is 13.6. The van der Waals surface area contributed by atoms with Crippen LogP contribution >= 0.6 is 11.6 Å². The van der Waals surface area contributed by atoms with Gasteiger partial charge in [0.05, 0.1) is 24.7 Å². The van der Waals surface area contributed by atoms with E-state index in [4.69, 9.17) is 16.7 Å². The Balaban J connectivity index is 1.49. The van der Waals surface area contributed by atoms with E-state index in [1.807, 2.05) is 0 Å². The van der Waals surface area contributed by atoms with Gasteiger partial charge in [-0.1, -0.05) is 23.7 Å². The molecule has 10 heteroatoms. The zero-order valence-corrected chi connectivity index (χ0v) is 18.7. The first-order valence-electron chi connectivity index (χ1n) is 11.0. The monoisotopic (exact) mass is 483 g/mol. The highest BCUT2D eigenvalue weighted by atomic mass is 35.5. The highest BCUT2D eigenvalue weighted by molar-refractivity contribution is 6.30. The van der Waals surface area contributed by atoms with Gasteiger partial charge in [-0.15, -0.1) is 0 Å². The van der Waals surface area contributed by atoms with Gasteiger partial charge in [-0.3, -0.25) is 14.3 Å². The van der Waals surface area contributed by atoms with Crippen LogP contribution < -0.4 is 0 Å². The number of carbonyl (C=O) groups is 2. The van der Waals surface area contributed by atoms with E-state index < -0.39 is 17.8 Å². The smallest absolute Gasteiger partial charge is 0.435 e. The fraction of sp³-hybridized carbons (Fsp3) is 0.522. The number of aliphatic carboxylic acids is 1. The number of carbonyl (C=O) groups excluding carboxylic acids is 1. The third-order valence-corrected chi connectivity index (χ3v) is 6.92. The van der Waals surface area contributed by atoms with Crippen molar-refractivity contribution in [2.45, 2.75) is 57.8 Å². The Morgan fingerprint density at radius 1 is 1.12 bits per heavy atom. The van der Waals surface area contributed by atoms with E-state index in [1.54, 1.807) is 29.2 Å². The van der Waals surface area contributed by atoms with Crippen molar-refractivity contribution in [1.82, 2.24) is 14.7 Å². The van der Waals surface area contributed by atoms with Crippen LogP contribution in [-0.2, 0) is 35.3 Å². The minimum atomic E-state index is -4.57. The molecular formula is C23H25ClF3N3O3. The largest absolute Gasteiger partial charge is 0.481 e. The highest BCUT2D eigenvalue weighted by Crippen LogP contribution is 2.36. The van der Waals surface area contributed by atoms with Gasteiger partial charge in [0.1, 0.15) is 0 Å². The first kappa shape index (κ1) is 23.6. The molecule has 1 amide bonds. The van der Waals surface area contributed by atoms with E-state index in [0.717, 1.165) is 5.56 Å². The van der Waals surface area contributed by atoms with Crippen LogP contribution in [0.1, 0.15) is 54.6 Å². The van der Waals surface area contributed by atoms with Crippen molar-refractivity contribution in [3.8, 4) is 0 Å². The molecule has 1 saturated carbocycles. The number of alkyl halides is 3. The second-order valence-corrected chi connectivity index (χ2v) is 9.32. The first-order valence-corrected chi connectivity index (χ1v) is 11.4. The summed E-state index contributed by atoms with van der Waals surface area (Å²) in [4.78, 5) is 25.7. The molecule has 1 aromatic heterocycles. The van der Waals surface area contributed by atoms with Gasteiger partial charge in [0.15, 0.2) is 5.69 Å². The van der Waals surface area contributed by atoms with Crippen LogP contribution in [0.2, 0.25) is 5.02 Å². The van der Waals surface area contributed by atoms with Gasteiger partial charge < -0.3 is 10.0 Å². The Morgan fingerprint density at radius 2 is 1.79 bits per heavy atom. The molecule has 1 aliphatic heterocycles. The van der Waals surface area contributed by atoms with E-state index >= 15 is 0 Å². The number of carboxylic acid groups (broad SMARTS) is 1. The van der Waals surface area contributed by atoms with Crippen molar-refractivity contribution in [3.05, 3.63) is 51.8 Å². The molecule has 2 heterocycles. The Bertz CT molecular complexity index is 1030. The third kappa shape index (κ3) is 5.34. The molecule has 2 aromatic rings. The van der Waals surface area contributed by atoms with Crippen LogP contribution in [0.15, 0.2) is 24.3 Å². The first-order chi connectivity index (χ1) is 15.6. The van der Waals surface area contributed by atoms with E-state index in [9.17, 15) is 22.8 Å². The number of rotatable bonds is 5. The summed E-state index contributed by atoms with van der Waals surface area (Å²) in [5.41, 5.74) is 0.441. The molecule has 1 aromatic carbocycles. The number of amides is 1. The SMILES string of the molecule is O=C(C[C@H]1CC[C@@H](C(=O)O)CC1)N1CCc2c(C(F)(F)F)nn(Cc3ccc(Cl)cc3)c2C1. The molecule has 178 valence electrons. The highest BCUT2D eigenvalue weighted by Gasteiger charge is 2.41. The summed E-state index contributed by atoms with van der Waals surface area (Å²) in [6, 6.07) is 6.82. The van der Waals surface area contributed by atoms with Gasteiger partial charge in [0.2, 0.25) is 5.91 Å². The van der Waals surface area contributed by atoms with Gasteiger partial charge in [0.25, 0.3) is 0 Å². The third-order valence-electron chi connectivity index (χ3n) is 6.66. The van der Waals surface area contributed by atoms with Gasteiger partial charge in [-0.05, 0) is 55.7 Å². The van der Waals surface area contributed by atoms with Crippen molar-refractivity contribution in [2.24, 2.45) is 11.8 Å². The summed E-state index contributed by atoms with van der Waals surface area (Å²) < 4.78 is 42.2. The lowest BCUT2D eigenvalue weighted by atomic mass is 9.80. The maximum absolute atomic E-state index is 13.6. The van der Waals surface area contributed by atoms with Crippen molar-refractivity contribution < 1.29 is 27.9 Å². The molecule has 4 rings (SSSR count). The Labute approximate surface area is 194 Å². The molecule has 0 bridgehead atoms. The second-order valence-electron chi connectivity index (χ2n) is 8.88. The van der Waals surface area contributed by atoms with Crippen LogP contribution in [0.3, 0.4) is 0 Å². The van der Waals surface area contributed by atoms with Crippen molar-refractivity contribution in [3.63, 3.8) is 0 Å². The van der Waals surface area contributed by atoms with Crippen LogP contribution in [0.5, 0.6) is 0 Å². The summed E-state index contributed by atoms with van der Waals surface area (Å²) in [5.74, 6) is -1.14. The second kappa shape index (κ2) is 9.37. The fourth-order valence-electron chi connectivity index (χ4n) is 4.80. The van der Waals surface area contributed by atoms with E-state index in [2.05, 4.69) is 5.10 Å². The lowest BCUT2D eigenvalue weighted by molar-refractivity contribution is -0.143. The topological polar surface area (TPSA) is 75.4 Å². The lowest BCUT2D eigenvalue weighted by Crippen LogP contribution is -2.38. The van der Waals surface area contributed by atoms with Crippen molar-refractivity contribution in [2.75, 3.05) is 6.54 Å². The maximum atomic E-state index is 13.6. The van der Waals surface area contributed by atoms with Crippen LogP contribution in [0.4, 0.5) is 13.2 Å². The predicted molar refractivity (Wildman–Crippen MR) is 115 cm³/mol. The number of hydrogen-bond acceptors (Lipinski definition) is 3. The molecule has 0 spiro atoms. The lowest BCUT2D eigenvalue weighted by Gasteiger charge is -2.31. The Hall–Kier alpha value is -2.55. The number of fused-ring (bicyclic) bond motifs is 1. The van der Waals surface area contributed by atoms with Crippen molar-refractivity contribution in [1.29, 1.82) is 0 Å². The normalized spacial score (nSPS) is 21.0. The average molecular weight is 484 g/mol. The Kier molecular flexibility index (Phi) is 6.70. The molecule has 1 aliphatic carbocycles. The summed E-state index contributed by atoms with van der Waals surface area (Å²) in [6.45, 7) is 0.443. The Morgan fingerprint density at radius 3 is 2.39 bits per heavy atom. The predicted octanol–water partition coefficient (Wildman–Crippen LogP) is 4.77. The van der Waals surface area contributed by atoms with E-state index in [1.165, 1.54) is 4.68 Å². The molecular weight excluding hydrogens is 459 g/mol. The number of benzene rings is 1. The van der Waals surface area contributed by atoms with Crippen LogP contribution in [0, 0.1) is 11.8 Å². The molecule has 1 fully saturated rings. The summed E-state index contributed by atoms with van der Waals surface area (Å²) in [7, 11) is 0. The number of nitrogens with zero attached hydrogens (tertiary/aromatic N) is 3. The zero-order chi connectivity index (χ0) is 23.8. The minimum Gasteiger partial charge on any atom is -0.481 e. The van der Waals surface area contributed by atoms with Gasteiger partial charge in [-0.2, -0.15) is 18.3 Å². The zero-order valence-electron chi connectivity index (χ0n) is 17.9. The minimum absolute atomic E-state index is 0.0787. The molecule has 6 nitrogen and oxygen atoms in total. The molecule has 1 N–H and O–H groups in total. The standard InChI is InChI=1S/C23H25ClF3N3O3/c24-17-7-3-15(4-8-17)12-30-19-13-29(10-9-18(19)21(28-30)23(25,26)27)20(31)11-14-1-5-16(6-2-14)22(32)33/h3-4,7-8,14,16H,1-2,5-6,9-13H2,(H,32,33)/t14-,16+. The number of hydrogen-bond donors (Lipinski definition) is 1. The van der Waals surface area contributed by atoms with Gasteiger partial charge in [-0.25, -0.2) is 0 Å². The molecule has 0 radical (unpaired) electrons. The van der Waals surface area contributed by atoms with Gasteiger partial charge >= 0.3 is 12.1 Å². The molecule has 0 saturated heterocycles. The number of halogens is 4. The van der Waals surface area contributed by atoms with E-state index in [0.29, 0.717) is 42.8 Å². The van der Waals surface area contributed by atoms with Crippen LogP contribution in [0.25, 0.3) is 0 Å². The average Bonchev–Trinajstić information content (AvgIpc) is 3.14. The summed E-state index contributed by atoms with van der Waals surface area (Å²) in [6.07, 6.45) is -1.71.